The molecule has 3 fully saturated rings. The molecule has 0 amide bonds. The van der Waals surface area contributed by atoms with Crippen molar-refractivity contribution in [2.45, 2.75) is 194 Å². The molecule has 0 aromatic heterocycles. The lowest BCUT2D eigenvalue weighted by Gasteiger charge is -2.50. The molecule has 0 bridgehead atoms. The molecular formula is C40H74O3Si2. The molecule has 0 aromatic rings. The van der Waals surface area contributed by atoms with Gasteiger partial charge in [-0.3, -0.25) is 0 Å². The summed E-state index contributed by atoms with van der Waals surface area (Å²) >= 11 is 0. The predicted molar refractivity (Wildman–Crippen MR) is 201 cm³/mol. The van der Waals surface area contributed by atoms with E-state index in [4.69, 9.17) is 15.4 Å². The van der Waals surface area contributed by atoms with Crippen molar-refractivity contribution in [1.29, 1.82) is 0 Å². The van der Waals surface area contributed by atoms with Gasteiger partial charge in [-0.1, -0.05) is 92.5 Å². The molecule has 3 rings (SSSR count). The van der Waals surface area contributed by atoms with Gasteiger partial charge >= 0.3 is 0 Å². The minimum atomic E-state index is -2.00. The molecule has 3 aliphatic rings. The Morgan fingerprint density at radius 2 is 1.56 bits per heavy atom. The molecule has 45 heavy (non-hydrogen) atoms. The van der Waals surface area contributed by atoms with E-state index in [1.54, 1.807) is 5.57 Å². The Balaban J connectivity index is 1.91. The quantitative estimate of drug-likeness (QED) is 0.237. The largest absolute Gasteiger partial charge is 0.411 e. The van der Waals surface area contributed by atoms with Crippen LogP contribution in [0.15, 0.2) is 35.5 Å². The number of allylic oxidation sites excluding steroid dienone is 3. The summed E-state index contributed by atoms with van der Waals surface area (Å²) in [6.45, 7) is 39.6. The SMILES string of the molecule is C=C1/C(=C\C=C2/CCC[C@@]3(C)C2CCC3[C@@H](C)CCCC(C)(C)O)C[C@](C)(O[Si](C)(C)C(C)(C)C)CC1O[Si](C)(C)C(C)(C)C. The van der Waals surface area contributed by atoms with E-state index in [9.17, 15) is 5.11 Å². The zero-order chi connectivity index (χ0) is 34.4. The zero-order valence-corrected chi connectivity index (χ0v) is 34.5. The smallest absolute Gasteiger partial charge is 0.192 e. The number of hydrogen-bond acceptors (Lipinski definition) is 3. The van der Waals surface area contributed by atoms with E-state index >= 15 is 0 Å². The van der Waals surface area contributed by atoms with Gasteiger partial charge in [0.1, 0.15) is 0 Å². The summed E-state index contributed by atoms with van der Waals surface area (Å²) in [5.74, 6) is 2.16. The molecule has 0 spiro atoms. The second-order valence-corrected chi connectivity index (χ2v) is 29.3. The van der Waals surface area contributed by atoms with Crippen LogP contribution < -0.4 is 0 Å². The van der Waals surface area contributed by atoms with E-state index in [-0.39, 0.29) is 21.8 Å². The second kappa shape index (κ2) is 13.4. The van der Waals surface area contributed by atoms with Gasteiger partial charge in [-0.25, -0.2) is 0 Å². The average Bonchev–Trinajstić information content (AvgIpc) is 3.20. The van der Waals surface area contributed by atoms with E-state index in [2.05, 4.69) is 101 Å². The number of aliphatic hydroxyl groups is 1. The molecule has 1 N–H and O–H groups in total. The van der Waals surface area contributed by atoms with Crippen LogP contribution >= 0.6 is 0 Å². The van der Waals surface area contributed by atoms with Crippen molar-refractivity contribution >= 4 is 16.6 Å². The summed E-state index contributed by atoms with van der Waals surface area (Å²) in [4.78, 5) is 0. The van der Waals surface area contributed by atoms with Crippen molar-refractivity contribution in [3.8, 4) is 0 Å². The Kier molecular flexibility index (Phi) is 11.6. The monoisotopic (exact) mass is 659 g/mol. The van der Waals surface area contributed by atoms with Crippen molar-refractivity contribution in [2.75, 3.05) is 0 Å². The van der Waals surface area contributed by atoms with Crippen LogP contribution in [0.2, 0.25) is 36.3 Å². The maximum atomic E-state index is 10.3. The number of hydrogen-bond donors (Lipinski definition) is 1. The maximum Gasteiger partial charge on any atom is 0.192 e. The van der Waals surface area contributed by atoms with Gasteiger partial charge in [0.25, 0.3) is 0 Å². The van der Waals surface area contributed by atoms with Crippen molar-refractivity contribution < 1.29 is 14.0 Å². The normalized spacial score (nSPS) is 33.2. The van der Waals surface area contributed by atoms with E-state index in [0.29, 0.717) is 17.3 Å². The Labute approximate surface area is 282 Å². The third-order valence-electron chi connectivity index (χ3n) is 13.2. The molecule has 260 valence electrons. The van der Waals surface area contributed by atoms with E-state index < -0.39 is 22.2 Å². The highest BCUT2D eigenvalue weighted by molar-refractivity contribution is 6.74. The van der Waals surface area contributed by atoms with Gasteiger partial charge in [-0.05, 0) is 130 Å². The summed E-state index contributed by atoms with van der Waals surface area (Å²) in [6, 6.07) is 0. The van der Waals surface area contributed by atoms with Gasteiger partial charge in [0, 0.05) is 12.8 Å². The molecule has 0 aromatic carbocycles. The molecule has 0 heterocycles. The van der Waals surface area contributed by atoms with Gasteiger partial charge in [0.05, 0.1) is 17.3 Å². The Hall–Kier alpha value is -0.466. The summed E-state index contributed by atoms with van der Waals surface area (Å²) in [5.41, 5.74) is 3.74. The molecule has 5 heteroatoms. The Morgan fingerprint density at radius 1 is 0.956 bits per heavy atom. The molecule has 0 aliphatic heterocycles. The lowest BCUT2D eigenvalue weighted by molar-refractivity contribution is 0.0172. The first-order valence-electron chi connectivity index (χ1n) is 18.4. The molecule has 6 atom stereocenters. The molecule has 3 nitrogen and oxygen atoms in total. The first-order valence-corrected chi connectivity index (χ1v) is 24.2. The van der Waals surface area contributed by atoms with Crippen LogP contribution in [0.5, 0.6) is 0 Å². The average molecular weight is 659 g/mol. The van der Waals surface area contributed by atoms with Gasteiger partial charge < -0.3 is 14.0 Å². The van der Waals surface area contributed by atoms with Crippen molar-refractivity contribution in [3.63, 3.8) is 0 Å². The fraction of sp³-hybridized carbons (Fsp3) is 0.850. The van der Waals surface area contributed by atoms with Crippen LogP contribution in [0.4, 0.5) is 0 Å². The highest BCUT2D eigenvalue weighted by atomic mass is 28.4. The van der Waals surface area contributed by atoms with Crippen LogP contribution in [-0.2, 0) is 8.85 Å². The number of rotatable bonds is 10. The van der Waals surface area contributed by atoms with E-state index in [1.165, 1.54) is 49.7 Å². The summed E-state index contributed by atoms with van der Waals surface area (Å²) in [5, 5.41) is 10.6. The van der Waals surface area contributed by atoms with Crippen LogP contribution in [0, 0.1) is 23.2 Å². The molecule has 3 aliphatic carbocycles. The third-order valence-corrected chi connectivity index (χ3v) is 22.3. The van der Waals surface area contributed by atoms with Crippen LogP contribution in [0.25, 0.3) is 0 Å². The number of fused-ring (bicyclic) bond motifs is 1. The molecule has 0 radical (unpaired) electrons. The fourth-order valence-corrected chi connectivity index (χ4v) is 11.4. The van der Waals surface area contributed by atoms with Gasteiger partial charge in [0.2, 0.25) is 0 Å². The zero-order valence-electron chi connectivity index (χ0n) is 32.5. The molecule has 3 unspecified atom stereocenters. The first-order chi connectivity index (χ1) is 20.2. The fourth-order valence-electron chi connectivity index (χ4n) is 8.45. The third kappa shape index (κ3) is 9.16. The van der Waals surface area contributed by atoms with E-state index in [0.717, 1.165) is 31.6 Å². The predicted octanol–water partition coefficient (Wildman–Crippen LogP) is 12.2. The topological polar surface area (TPSA) is 38.7 Å². The van der Waals surface area contributed by atoms with Gasteiger partial charge in [-0.2, -0.15) is 0 Å². The lowest BCUT2D eigenvalue weighted by Crippen LogP contribution is -2.53. The van der Waals surface area contributed by atoms with Crippen LogP contribution in [0.1, 0.15) is 140 Å². The van der Waals surface area contributed by atoms with Crippen molar-refractivity contribution in [1.82, 2.24) is 0 Å². The molecular weight excluding hydrogens is 585 g/mol. The lowest BCUT2D eigenvalue weighted by atomic mass is 9.60. The van der Waals surface area contributed by atoms with Gasteiger partial charge in [0.15, 0.2) is 16.6 Å². The van der Waals surface area contributed by atoms with Crippen LogP contribution in [0.3, 0.4) is 0 Å². The first kappa shape index (κ1) is 39.0. The summed E-state index contributed by atoms with van der Waals surface area (Å²) < 4.78 is 14.4. The minimum Gasteiger partial charge on any atom is -0.411 e. The van der Waals surface area contributed by atoms with Crippen molar-refractivity contribution in [2.24, 2.45) is 23.2 Å². The highest BCUT2D eigenvalue weighted by Gasteiger charge is 2.51. The van der Waals surface area contributed by atoms with Crippen LogP contribution in [-0.4, -0.2) is 39.0 Å². The molecule has 0 saturated heterocycles. The molecule has 3 saturated carbocycles. The standard InChI is InChI=1S/C40H74O3Si2/c1-29(19-17-25-38(9,10)41)33-23-24-34-31(20-18-26-40(33,34)12)21-22-32-27-39(11,43-45(15,16)37(6,7)8)28-35(30(32)2)42-44(13,14)36(3,4)5/h21-22,29,33-35,41H,2,17-20,23-28H2,1,3-16H3/b31-21+,32-22-/t29-,33?,34?,35?,39-,40+/m0/s1. The Morgan fingerprint density at radius 3 is 2.11 bits per heavy atom. The second-order valence-electron chi connectivity index (χ2n) is 19.8. The maximum absolute atomic E-state index is 10.3. The van der Waals surface area contributed by atoms with Crippen molar-refractivity contribution in [3.05, 3.63) is 35.5 Å². The van der Waals surface area contributed by atoms with E-state index in [1.807, 2.05) is 13.8 Å². The highest BCUT2D eigenvalue weighted by Crippen LogP contribution is 2.60. The minimum absolute atomic E-state index is 0.00343. The Bertz CT molecular complexity index is 1110. The summed E-state index contributed by atoms with van der Waals surface area (Å²) in [6.07, 6.45) is 16.5. The van der Waals surface area contributed by atoms with Gasteiger partial charge in [-0.15, -0.1) is 0 Å². The summed E-state index contributed by atoms with van der Waals surface area (Å²) in [7, 11) is -4.00.